The van der Waals surface area contributed by atoms with E-state index in [4.69, 9.17) is 0 Å². The average molecular weight is 599 g/mol. The molecule has 0 bridgehead atoms. The predicted molar refractivity (Wildman–Crippen MR) is 130 cm³/mol. The molecule has 11 N–H and O–H groups in total. The van der Waals surface area contributed by atoms with Gasteiger partial charge in [-0.2, -0.15) is 25.3 Å². The molecule has 18 heteroatoms. The largest absolute Gasteiger partial charge is 1.00 e. The Bertz CT molecular complexity index is 1300. The normalized spacial score (nSPS) is 11.0. The van der Waals surface area contributed by atoms with E-state index in [1.54, 1.807) is 0 Å². The Labute approximate surface area is 232 Å². The first-order valence-electron chi connectivity index (χ1n) is 8.30. The Hall–Kier alpha value is -1.34. The third-order valence-electron chi connectivity index (χ3n) is 4.12. The molecule has 3 aromatic carbocycles. The molecule has 0 aliphatic heterocycles. The van der Waals surface area contributed by atoms with Crippen molar-refractivity contribution in [3.05, 3.63) is 72.8 Å². The summed E-state index contributed by atoms with van der Waals surface area (Å²) in [4.78, 5) is -1.22. The van der Waals surface area contributed by atoms with Gasteiger partial charge in [0.05, 0.1) is 14.7 Å². The van der Waals surface area contributed by atoms with Gasteiger partial charge in [-0.1, -0.05) is 36.4 Å². The van der Waals surface area contributed by atoms with Crippen molar-refractivity contribution >= 4 is 54.2 Å². The van der Waals surface area contributed by atoms with Crippen LogP contribution in [0.2, 0.25) is 0 Å². The van der Waals surface area contributed by atoms with Gasteiger partial charge >= 0.3 is 29.6 Å². The molecule has 13 nitrogen and oxygen atoms in total. The van der Waals surface area contributed by atoms with Gasteiger partial charge in [-0.05, 0) is 60.2 Å². The average Bonchev–Trinajstić information content (AvgIpc) is 2.67. The molecule has 0 aliphatic rings. The molecule has 0 spiro atoms. The molecule has 0 saturated carbocycles. The van der Waals surface area contributed by atoms with E-state index in [0.717, 1.165) is 18.2 Å². The van der Waals surface area contributed by atoms with Crippen LogP contribution in [-0.4, -0.2) is 60.8 Å². The molecule has 0 fully saturated rings. The van der Waals surface area contributed by atoms with Crippen LogP contribution in [0.1, 0.15) is 1.43 Å². The van der Waals surface area contributed by atoms with E-state index < -0.39 is 53.0 Å². The standard InChI is InChI=1S/C18H15O9PS3.Na.4H2O.H/c19-29(20,21)16-7-1-4-13(10-16)28(14-5-2-8-17(11-14)30(22,23)24)15-6-3-9-18(12-15)31(25,26)27;;;;;;/h1-12H,(H,19,20,21)(H,22,23,24)(H,25,26,27);;4*1H2;/q;+1;;;;;-1. The van der Waals surface area contributed by atoms with Crippen LogP contribution in [-0.2, 0) is 30.4 Å². The van der Waals surface area contributed by atoms with E-state index in [1.807, 2.05) is 0 Å². The van der Waals surface area contributed by atoms with Gasteiger partial charge in [0, 0.05) is 0 Å². The van der Waals surface area contributed by atoms with Gasteiger partial charge in [0.2, 0.25) is 0 Å². The van der Waals surface area contributed by atoms with Gasteiger partial charge in [0.15, 0.2) is 0 Å². The number of rotatable bonds is 6. The Kier molecular flexibility index (Phi) is 15.8. The van der Waals surface area contributed by atoms with Crippen molar-refractivity contribution in [2.75, 3.05) is 0 Å². The molecule has 0 aliphatic carbocycles. The van der Waals surface area contributed by atoms with Gasteiger partial charge in [-0.25, -0.2) is 0 Å². The van der Waals surface area contributed by atoms with Crippen LogP contribution in [0.5, 0.6) is 0 Å². The molecule has 0 aromatic heterocycles. The zero-order chi connectivity index (χ0) is 23.0. The summed E-state index contributed by atoms with van der Waals surface area (Å²) in [6.07, 6.45) is 0. The predicted octanol–water partition coefficient (Wildman–Crippen LogP) is -5.00. The summed E-state index contributed by atoms with van der Waals surface area (Å²) in [5.74, 6) is 0. The molecule has 36 heavy (non-hydrogen) atoms. The third kappa shape index (κ3) is 9.51. The van der Waals surface area contributed by atoms with E-state index in [-0.39, 0.29) is 52.9 Å². The van der Waals surface area contributed by atoms with Crippen LogP contribution < -0.4 is 45.5 Å². The van der Waals surface area contributed by atoms with Crippen molar-refractivity contribution in [2.45, 2.75) is 14.7 Å². The minimum atomic E-state index is -4.55. The molecule has 0 amide bonds. The minimum absolute atomic E-state index is 0. The second-order valence-electron chi connectivity index (χ2n) is 6.25. The quantitative estimate of drug-likeness (QED) is 0.139. The van der Waals surface area contributed by atoms with Gasteiger partial charge in [0.1, 0.15) is 0 Å². The van der Waals surface area contributed by atoms with Crippen molar-refractivity contribution in [3.63, 3.8) is 0 Å². The van der Waals surface area contributed by atoms with Crippen LogP contribution >= 0.6 is 7.92 Å². The fourth-order valence-electron chi connectivity index (χ4n) is 2.80. The first-order valence-corrected chi connectivity index (χ1v) is 14.0. The number of hydrogen-bond donors (Lipinski definition) is 3. The SMILES string of the molecule is O.O.O.O.O=S(=O)(O)c1cccc(P(c2cccc(S(=O)(=O)O)c2)c2cccc(S(=O)(=O)O)c2)c1.[H-].[Na+]. The maximum absolute atomic E-state index is 11.6. The molecule has 0 saturated heterocycles. The van der Waals surface area contributed by atoms with Crippen molar-refractivity contribution < 1.29 is 91.8 Å². The summed E-state index contributed by atoms with van der Waals surface area (Å²) in [7, 11) is -15.4. The molecule has 0 radical (unpaired) electrons. The van der Waals surface area contributed by atoms with Crippen molar-refractivity contribution in [1.82, 2.24) is 0 Å². The second-order valence-corrected chi connectivity index (χ2v) is 12.7. The summed E-state index contributed by atoms with van der Waals surface area (Å²) < 4.78 is 97.7. The van der Waals surface area contributed by atoms with Crippen LogP contribution in [0.25, 0.3) is 0 Å². The summed E-state index contributed by atoms with van der Waals surface area (Å²) >= 11 is 0. The smallest absolute Gasteiger partial charge is 1.00 e. The van der Waals surface area contributed by atoms with E-state index in [2.05, 4.69) is 0 Å². The maximum atomic E-state index is 11.6. The van der Waals surface area contributed by atoms with Crippen molar-refractivity contribution in [1.29, 1.82) is 0 Å². The van der Waals surface area contributed by atoms with E-state index in [9.17, 15) is 38.9 Å². The van der Waals surface area contributed by atoms with E-state index >= 15 is 0 Å². The monoisotopic (exact) mass is 598 g/mol. The first kappa shape index (κ1) is 39.2. The van der Waals surface area contributed by atoms with Gasteiger partial charge < -0.3 is 23.3 Å². The second kappa shape index (κ2) is 14.6. The molecule has 3 aromatic rings. The van der Waals surface area contributed by atoms with E-state index in [1.165, 1.54) is 54.6 Å². The van der Waals surface area contributed by atoms with Gasteiger partial charge in [-0.3, -0.25) is 13.7 Å². The van der Waals surface area contributed by atoms with Crippen molar-refractivity contribution in [2.24, 2.45) is 0 Å². The first-order chi connectivity index (χ1) is 14.3. The Balaban J connectivity index is -0.000000907. The summed E-state index contributed by atoms with van der Waals surface area (Å²) in [5, 5.41) is 1.01. The van der Waals surface area contributed by atoms with Crippen LogP contribution in [0, 0.1) is 0 Å². The topological polar surface area (TPSA) is 289 Å². The Morgan fingerprint density at radius 2 is 0.722 bits per heavy atom. The zero-order valence-electron chi connectivity index (χ0n) is 19.4. The molecule has 3 rings (SSSR count). The summed E-state index contributed by atoms with van der Waals surface area (Å²) in [6.45, 7) is 0. The van der Waals surface area contributed by atoms with Crippen LogP contribution in [0.15, 0.2) is 87.5 Å². The van der Waals surface area contributed by atoms with Gasteiger partial charge in [-0.15, -0.1) is 0 Å². The Morgan fingerprint density at radius 1 is 0.500 bits per heavy atom. The van der Waals surface area contributed by atoms with E-state index in [0.29, 0.717) is 15.9 Å². The molecule has 0 unspecified atom stereocenters. The third-order valence-corrected chi connectivity index (χ3v) is 9.05. The van der Waals surface area contributed by atoms with Gasteiger partial charge in [0.25, 0.3) is 30.4 Å². The fourth-order valence-corrected chi connectivity index (χ4v) is 7.04. The minimum Gasteiger partial charge on any atom is -1.00 e. The number of hydrogen-bond acceptors (Lipinski definition) is 6. The molecular formula is C18H24NaO13PS3. The Morgan fingerprint density at radius 3 is 0.917 bits per heavy atom. The summed E-state index contributed by atoms with van der Waals surface area (Å²) in [5.41, 5.74) is 0. The molecule has 198 valence electrons. The summed E-state index contributed by atoms with van der Waals surface area (Å²) in [6, 6.07) is 15.7. The van der Waals surface area contributed by atoms with Crippen LogP contribution in [0.3, 0.4) is 0 Å². The van der Waals surface area contributed by atoms with Crippen molar-refractivity contribution in [3.8, 4) is 0 Å². The fraction of sp³-hybridized carbons (Fsp3) is 0. The van der Waals surface area contributed by atoms with Crippen LogP contribution in [0.4, 0.5) is 0 Å². The number of benzene rings is 3. The molecular weight excluding hydrogens is 574 g/mol. The maximum Gasteiger partial charge on any atom is 1.00 e. The zero-order valence-corrected chi connectivity index (χ0v) is 23.7. The molecule has 0 heterocycles. The molecule has 0 atom stereocenters.